The van der Waals surface area contributed by atoms with Gasteiger partial charge in [-0.05, 0) is 28.1 Å². The van der Waals surface area contributed by atoms with Crippen LogP contribution < -0.4 is 5.32 Å². The Hall–Kier alpha value is -2.22. The predicted molar refractivity (Wildman–Crippen MR) is 68.5 cm³/mol. The van der Waals surface area contributed by atoms with E-state index in [4.69, 9.17) is 4.52 Å². The van der Waals surface area contributed by atoms with Crippen molar-refractivity contribution in [2.24, 2.45) is 0 Å². The highest BCUT2D eigenvalue weighted by Gasteiger charge is 2.15. The van der Waals surface area contributed by atoms with Crippen LogP contribution in [-0.4, -0.2) is 16.0 Å². The van der Waals surface area contributed by atoms with Gasteiger partial charge in [0.2, 0.25) is 0 Å². The van der Waals surface area contributed by atoms with Gasteiger partial charge in [0.05, 0.1) is 22.1 Å². The van der Waals surface area contributed by atoms with Crippen LogP contribution in [0.1, 0.15) is 16.1 Å². The minimum Gasteiger partial charge on any atom is -0.360 e. The van der Waals surface area contributed by atoms with Crippen molar-refractivity contribution in [1.82, 2.24) is 10.5 Å². The van der Waals surface area contributed by atoms with Gasteiger partial charge in [-0.1, -0.05) is 5.16 Å². The number of halogens is 1. The topological polar surface area (TPSA) is 98.3 Å². The second-order valence-electron chi connectivity index (χ2n) is 3.58. The Bertz CT molecular complexity index is 612. The van der Waals surface area contributed by atoms with Crippen molar-refractivity contribution in [2.45, 2.75) is 6.54 Å². The van der Waals surface area contributed by atoms with Gasteiger partial charge in [-0.15, -0.1) is 0 Å². The molecule has 8 heteroatoms. The summed E-state index contributed by atoms with van der Waals surface area (Å²) in [5.74, 6) is 0.0759. The molecule has 0 unspecified atom stereocenters. The van der Waals surface area contributed by atoms with Gasteiger partial charge in [-0.25, -0.2) is 0 Å². The number of nitrogens with one attached hydrogen (secondary N) is 1. The van der Waals surface area contributed by atoms with Crippen molar-refractivity contribution in [3.8, 4) is 0 Å². The molecule has 0 saturated carbocycles. The van der Waals surface area contributed by atoms with E-state index in [2.05, 4.69) is 26.4 Å². The third-order valence-corrected chi connectivity index (χ3v) is 2.99. The molecular weight excluding hydrogens is 318 g/mol. The Morgan fingerprint density at radius 3 is 2.89 bits per heavy atom. The van der Waals surface area contributed by atoms with E-state index < -0.39 is 10.8 Å². The molecular formula is C11H8BrN3O4. The number of rotatable bonds is 4. The number of benzene rings is 1. The van der Waals surface area contributed by atoms with E-state index in [-0.39, 0.29) is 17.8 Å². The minimum atomic E-state index is -0.558. The van der Waals surface area contributed by atoms with E-state index in [1.54, 1.807) is 6.07 Å². The molecule has 0 aliphatic carbocycles. The molecule has 0 aliphatic rings. The maximum absolute atomic E-state index is 11.8. The molecule has 0 spiro atoms. The molecule has 1 aromatic heterocycles. The number of hydrogen-bond donors (Lipinski definition) is 1. The fraction of sp³-hybridized carbons (Fsp3) is 0.0909. The van der Waals surface area contributed by atoms with Gasteiger partial charge in [0.1, 0.15) is 0 Å². The maximum Gasteiger partial charge on any atom is 0.284 e. The fourth-order valence-corrected chi connectivity index (χ4v) is 1.79. The molecule has 0 fully saturated rings. The van der Waals surface area contributed by atoms with Crippen molar-refractivity contribution < 1.29 is 14.2 Å². The Kier molecular flexibility index (Phi) is 3.91. The number of carbonyl (C=O) groups is 1. The van der Waals surface area contributed by atoms with Gasteiger partial charge in [-0.2, -0.15) is 0 Å². The largest absolute Gasteiger partial charge is 0.360 e. The van der Waals surface area contributed by atoms with Crippen LogP contribution in [0.3, 0.4) is 0 Å². The van der Waals surface area contributed by atoms with E-state index in [1.165, 1.54) is 24.4 Å². The van der Waals surface area contributed by atoms with Crippen LogP contribution in [0.25, 0.3) is 0 Å². The molecule has 1 amide bonds. The molecule has 0 radical (unpaired) electrons. The standard InChI is InChI=1S/C11H8BrN3O4/c12-9-2-1-7(5-10(9)15(17)18)11(16)13-6-8-3-4-14-19-8/h1-5H,6H2,(H,13,16). The zero-order chi connectivity index (χ0) is 13.8. The van der Waals surface area contributed by atoms with Crippen LogP contribution in [0.2, 0.25) is 0 Å². The molecule has 0 saturated heterocycles. The summed E-state index contributed by atoms with van der Waals surface area (Å²) in [6.07, 6.45) is 1.46. The summed E-state index contributed by atoms with van der Waals surface area (Å²) >= 11 is 3.05. The van der Waals surface area contributed by atoms with Crippen molar-refractivity contribution >= 4 is 27.5 Å². The van der Waals surface area contributed by atoms with Crippen LogP contribution in [0.5, 0.6) is 0 Å². The lowest BCUT2D eigenvalue weighted by Crippen LogP contribution is -2.22. The Morgan fingerprint density at radius 1 is 1.47 bits per heavy atom. The second-order valence-corrected chi connectivity index (χ2v) is 4.44. The molecule has 0 aliphatic heterocycles. The van der Waals surface area contributed by atoms with Gasteiger partial charge < -0.3 is 9.84 Å². The van der Waals surface area contributed by atoms with Gasteiger partial charge >= 0.3 is 0 Å². The van der Waals surface area contributed by atoms with E-state index in [0.29, 0.717) is 10.2 Å². The maximum atomic E-state index is 11.8. The first-order valence-corrected chi connectivity index (χ1v) is 5.99. The lowest BCUT2D eigenvalue weighted by Gasteiger charge is -2.03. The summed E-state index contributed by atoms with van der Waals surface area (Å²) in [5.41, 5.74) is 0.0433. The number of nitro groups is 1. The van der Waals surface area contributed by atoms with E-state index in [9.17, 15) is 14.9 Å². The predicted octanol–water partition coefficient (Wildman–Crippen LogP) is 2.28. The Labute approximate surface area is 115 Å². The van der Waals surface area contributed by atoms with Gasteiger partial charge in [-0.3, -0.25) is 14.9 Å². The molecule has 2 rings (SSSR count). The van der Waals surface area contributed by atoms with E-state index in [0.717, 1.165) is 0 Å². The summed E-state index contributed by atoms with van der Waals surface area (Å²) in [5, 5.41) is 16.8. The summed E-state index contributed by atoms with van der Waals surface area (Å²) in [4.78, 5) is 22.0. The first kappa shape index (κ1) is 13.2. The Balaban J connectivity index is 2.11. The highest BCUT2D eigenvalue weighted by molar-refractivity contribution is 9.10. The van der Waals surface area contributed by atoms with Crippen LogP contribution >= 0.6 is 15.9 Å². The van der Waals surface area contributed by atoms with Gasteiger partial charge in [0.25, 0.3) is 11.6 Å². The number of amides is 1. The van der Waals surface area contributed by atoms with Gasteiger partial charge in [0, 0.05) is 17.7 Å². The first-order chi connectivity index (χ1) is 9.08. The molecule has 19 heavy (non-hydrogen) atoms. The molecule has 0 atom stereocenters. The SMILES string of the molecule is O=C(NCc1ccno1)c1ccc(Br)c([N+](=O)[O-])c1. The van der Waals surface area contributed by atoms with Crippen LogP contribution in [0, 0.1) is 10.1 Å². The Morgan fingerprint density at radius 2 is 2.26 bits per heavy atom. The third kappa shape index (κ3) is 3.16. The van der Waals surface area contributed by atoms with Crippen LogP contribution in [-0.2, 0) is 6.54 Å². The highest BCUT2D eigenvalue weighted by Crippen LogP contribution is 2.25. The van der Waals surface area contributed by atoms with Crippen molar-refractivity contribution in [1.29, 1.82) is 0 Å². The average molecular weight is 326 g/mol. The smallest absolute Gasteiger partial charge is 0.284 e. The molecule has 7 nitrogen and oxygen atoms in total. The average Bonchev–Trinajstić information content (AvgIpc) is 2.89. The second kappa shape index (κ2) is 5.61. The molecule has 1 N–H and O–H groups in total. The monoisotopic (exact) mass is 325 g/mol. The zero-order valence-corrected chi connectivity index (χ0v) is 11.1. The number of nitrogens with zero attached hydrogens (tertiary/aromatic N) is 2. The summed E-state index contributed by atoms with van der Waals surface area (Å²) in [7, 11) is 0. The first-order valence-electron chi connectivity index (χ1n) is 5.19. The fourth-order valence-electron chi connectivity index (χ4n) is 1.40. The molecule has 98 valence electrons. The minimum absolute atomic E-state index is 0.160. The number of carbonyl (C=O) groups excluding carboxylic acids is 1. The number of aromatic nitrogens is 1. The summed E-state index contributed by atoms with van der Waals surface area (Å²) < 4.78 is 5.14. The lowest BCUT2D eigenvalue weighted by atomic mass is 10.2. The molecule has 2 aromatic rings. The van der Waals surface area contributed by atoms with Crippen molar-refractivity contribution in [3.05, 3.63) is 56.4 Å². The molecule has 1 aromatic carbocycles. The van der Waals surface area contributed by atoms with E-state index in [1.807, 2.05) is 0 Å². The molecule has 1 heterocycles. The molecule has 0 bridgehead atoms. The van der Waals surface area contributed by atoms with Crippen LogP contribution in [0.4, 0.5) is 5.69 Å². The normalized spacial score (nSPS) is 10.2. The quantitative estimate of drug-likeness (QED) is 0.686. The van der Waals surface area contributed by atoms with Crippen molar-refractivity contribution in [3.63, 3.8) is 0 Å². The number of hydrogen-bond acceptors (Lipinski definition) is 5. The third-order valence-electron chi connectivity index (χ3n) is 2.32. The highest BCUT2D eigenvalue weighted by atomic mass is 79.9. The summed E-state index contributed by atoms with van der Waals surface area (Å²) in [6, 6.07) is 5.78. The number of nitro benzene ring substituents is 1. The summed E-state index contributed by atoms with van der Waals surface area (Å²) in [6.45, 7) is 0.169. The zero-order valence-electron chi connectivity index (χ0n) is 9.50. The van der Waals surface area contributed by atoms with Crippen LogP contribution in [0.15, 0.2) is 39.5 Å². The van der Waals surface area contributed by atoms with Crippen molar-refractivity contribution in [2.75, 3.05) is 0 Å². The lowest BCUT2D eigenvalue weighted by molar-refractivity contribution is -0.385. The van der Waals surface area contributed by atoms with Gasteiger partial charge in [0.15, 0.2) is 5.76 Å². The van der Waals surface area contributed by atoms with E-state index >= 15 is 0 Å².